The minimum Gasteiger partial charge on any atom is -0.493 e. The van der Waals surface area contributed by atoms with Gasteiger partial charge in [-0.15, -0.1) is 6.42 Å². The number of nitrogens with zero attached hydrogens (tertiary/aromatic N) is 1. The average Bonchev–Trinajstić information content (AvgIpc) is 2.82. The van der Waals surface area contributed by atoms with Crippen LogP contribution >= 0.6 is 11.6 Å². The van der Waals surface area contributed by atoms with Crippen molar-refractivity contribution in [1.82, 2.24) is 5.43 Å². The highest BCUT2D eigenvalue weighted by Gasteiger charge is 2.11. The van der Waals surface area contributed by atoms with E-state index in [1.54, 1.807) is 36.4 Å². The highest BCUT2D eigenvalue weighted by Crippen LogP contribution is 2.29. The molecular weight excluding hydrogens is 428 g/mol. The van der Waals surface area contributed by atoms with E-state index in [-0.39, 0.29) is 6.61 Å². The Labute approximate surface area is 191 Å². The maximum atomic E-state index is 12.4. The Morgan fingerprint density at radius 1 is 1.06 bits per heavy atom. The highest BCUT2D eigenvalue weighted by atomic mass is 35.5. The summed E-state index contributed by atoms with van der Waals surface area (Å²) in [6.45, 7) is 0.519. The quantitative estimate of drug-likeness (QED) is 0.292. The SMILES string of the molecule is C#CCOc1ccc(/C=N/NC(=O)c2ccc(OCc3ccccc3)c(OC)c2)cc1Cl. The summed E-state index contributed by atoms with van der Waals surface area (Å²) in [6, 6.07) is 19.8. The minimum atomic E-state index is -0.394. The molecule has 7 heteroatoms. The van der Waals surface area contributed by atoms with Crippen molar-refractivity contribution in [2.45, 2.75) is 6.61 Å². The number of hydrogen-bond acceptors (Lipinski definition) is 5. The molecule has 32 heavy (non-hydrogen) atoms. The average molecular weight is 449 g/mol. The van der Waals surface area contributed by atoms with Crippen molar-refractivity contribution in [1.29, 1.82) is 0 Å². The normalized spacial score (nSPS) is 10.4. The number of rotatable bonds is 9. The number of nitrogens with one attached hydrogen (secondary N) is 1. The summed E-state index contributed by atoms with van der Waals surface area (Å²) in [5.41, 5.74) is 4.57. The van der Waals surface area contributed by atoms with Gasteiger partial charge in [-0.1, -0.05) is 47.9 Å². The zero-order valence-electron chi connectivity index (χ0n) is 17.4. The minimum absolute atomic E-state index is 0.128. The molecule has 0 aliphatic carbocycles. The number of terminal acetylenes is 1. The predicted octanol–water partition coefficient (Wildman–Crippen LogP) is 4.70. The standard InChI is InChI=1S/C25H21ClN2O4/c1-3-13-31-22-11-9-19(14-21(22)26)16-27-28-25(29)20-10-12-23(24(15-20)30-2)32-17-18-7-5-4-6-8-18/h1,4-12,14-16H,13,17H2,2H3,(H,28,29)/b27-16+. The van der Waals surface area contributed by atoms with E-state index in [0.29, 0.717) is 40.0 Å². The maximum absolute atomic E-state index is 12.4. The molecule has 0 aromatic heterocycles. The Hall–Kier alpha value is -3.95. The predicted molar refractivity (Wildman–Crippen MR) is 125 cm³/mol. The van der Waals surface area contributed by atoms with Crippen LogP contribution in [0.4, 0.5) is 0 Å². The lowest BCUT2D eigenvalue weighted by atomic mass is 10.2. The molecule has 0 aliphatic heterocycles. The van der Waals surface area contributed by atoms with Gasteiger partial charge in [-0.25, -0.2) is 5.43 Å². The molecule has 0 spiro atoms. The summed E-state index contributed by atoms with van der Waals surface area (Å²) >= 11 is 6.15. The van der Waals surface area contributed by atoms with Crippen molar-refractivity contribution in [3.05, 3.63) is 88.4 Å². The van der Waals surface area contributed by atoms with Crippen LogP contribution in [0.25, 0.3) is 0 Å². The molecule has 3 aromatic rings. The molecule has 0 atom stereocenters. The number of carbonyl (C=O) groups is 1. The molecule has 3 rings (SSSR count). The molecule has 3 aromatic carbocycles. The second-order valence-corrected chi connectivity index (χ2v) is 6.93. The van der Waals surface area contributed by atoms with E-state index in [1.807, 2.05) is 30.3 Å². The van der Waals surface area contributed by atoms with Crippen LogP contribution in [0, 0.1) is 12.3 Å². The summed E-state index contributed by atoms with van der Waals surface area (Å²) in [6.07, 6.45) is 6.65. The summed E-state index contributed by atoms with van der Waals surface area (Å²) in [7, 11) is 1.52. The van der Waals surface area contributed by atoms with Crippen molar-refractivity contribution >= 4 is 23.7 Å². The van der Waals surface area contributed by atoms with Gasteiger partial charge in [0.2, 0.25) is 0 Å². The van der Waals surface area contributed by atoms with Crippen LogP contribution < -0.4 is 19.6 Å². The molecule has 0 saturated carbocycles. The van der Waals surface area contributed by atoms with Crippen molar-refractivity contribution in [3.63, 3.8) is 0 Å². The third-order valence-corrected chi connectivity index (χ3v) is 4.61. The van der Waals surface area contributed by atoms with E-state index >= 15 is 0 Å². The van der Waals surface area contributed by atoms with Crippen LogP contribution in [0.5, 0.6) is 17.2 Å². The van der Waals surface area contributed by atoms with Crippen LogP contribution in [-0.2, 0) is 6.61 Å². The van der Waals surface area contributed by atoms with Gasteiger partial charge >= 0.3 is 0 Å². The number of halogens is 1. The molecule has 162 valence electrons. The second kappa shape index (κ2) is 11.4. The zero-order chi connectivity index (χ0) is 22.8. The molecular formula is C25H21ClN2O4. The number of amides is 1. The summed E-state index contributed by atoms with van der Waals surface area (Å²) in [5, 5.41) is 4.37. The molecule has 1 amide bonds. The van der Waals surface area contributed by atoms with E-state index in [2.05, 4.69) is 16.4 Å². The summed E-state index contributed by atoms with van der Waals surface area (Å²) < 4.78 is 16.5. The number of benzene rings is 3. The van der Waals surface area contributed by atoms with Crippen molar-refractivity contribution in [2.24, 2.45) is 5.10 Å². The van der Waals surface area contributed by atoms with Crippen LogP contribution in [0.3, 0.4) is 0 Å². The molecule has 0 radical (unpaired) electrons. The van der Waals surface area contributed by atoms with Gasteiger partial charge in [0.1, 0.15) is 19.0 Å². The topological polar surface area (TPSA) is 69.2 Å². The van der Waals surface area contributed by atoms with Gasteiger partial charge in [-0.2, -0.15) is 5.10 Å². The fraction of sp³-hybridized carbons (Fsp3) is 0.120. The zero-order valence-corrected chi connectivity index (χ0v) is 18.1. The van der Waals surface area contributed by atoms with Gasteiger partial charge in [-0.3, -0.25) is 4.79 Å². The third-order valence-electron chi connectivity index (χ3n) is 4.31. The summed E-state index contributed by atoms with van der Waals surface area (Å²) in [4.78, 5) is 12.4. The molecule has 0 aliphatic rings. The van der Waals surface area contributed by atoms with E-state index in [0.717, 1.165) is 5.56 Å². The van der Waals surface area contributed by atoms with Crippen LogP contribution in [0.2, 0.25) is 5.02 Å². The fourth-order valence-corrected chi connectivity index (χ4v) is 2.97. The number of carbonyl (C=O) groups excluding carboxylic acids is 1. The van der Waals surface area contributed by atoms with Crippen LogP contribution in [0.15, 0.2) is 71.8 Å². The molecule has 0 unspecified atom stereocenters. The fourth-order valence-electron chi connectivity index (χ4n) is 2.73. The van der Waals surface area contributed by atoms with Gasteiger partial charge in [0.15, 0.2) is 11.5 Å². The van der Waals surface area contributed by atoms with E-state index in [1.165, 1.54) is 13.3 Å². The van der Waals surface area contributed by atoms with Gasteiger partial charge < -0.3 is 14.2 Å². The highest BCUT2D eigenvalue weighted by molar-refractivity contribution is 6.32. The molecule has 6 nitrogen and oxygen atoms in total. The Kier molecular flexibility index (Phi) is 8.13. The number of methoxy groups -OCH3 is 1. The Morgan fingerprint density at radius 2 is 1.84 bits per heavy atom. The lowest BCUT2D eigenvalue weighted by molar-refractivity contribution is 0.0954. The first kappa shape index (κ1) is 22.7. The van der Waals surface area contributed by atoms with Crippen LogP contribution in [-0.4, -0.2) is 25.8 Å². The van der Waals surface area contributed by atoms with E-state index in [9.17, 15) is 4.79 Å². The van der Waals surface area contributed by atoms with E-state index in [4.69, 9.17) is 32.2 Å². The van der Waals surface area contributed by atoms with Gasteiger partial charge in [0.05, 0.1) is 18.3 Å². The Bertz CT molecular complexity index is 1140. The molecule has 0 saturated heterocycles. The van der Waals surface area contributed by atoms with Gasteiger partial charge in [0.25, 0.3) is 5.91 Å². The second-order valence-electron chi connectivity index (χ2n) is 6.52. The largest absolute Gasteiger partial charge is 0.493 e. The van der Waals surface area contributed by atoms with Crippen molar-refractivity contribution in [3.8, 4) is 29.6 Å². The monoisotopic (exact) mass is 448 g/mol. The van der Waals surface area contributed by atoms with Crippen molar-refractivity contribution in [2.75, 3.05) is 13.7 Å². The lowest BCUT2D eigenvalue weighted by Gasteiger charge is -2.12. The Morgan fingerprint density at radius 3 is 2.56 bits per heavy atom. The molecule has 0 fully saturated rings. The van der Waals surface area contributed by atoms with Crippen LogP contribution in [0.1, 0.15) is 21.5 Å². The van der Waals surface area contributed by atoms with Gasteiger partial charge in [-0.05, 0) is 47.5 Å². The summed E-state index contributed by atoms with van der Waals surface area (Å²) in [5.74, 6) is 3.45. The lowest BCUT2D eigenvalue weighted by Crippen LogP contribution is -2.17. The van der Waals surface area contributed by atoms with Gasteiger partial charge in [0, 0.05) is 5.56 Å². The molecule has 0 bridgehead atoms. The first-order valence-corrected chi connectivity index (χ1v) is 10.0. The van der Waals surface area contributed by atoms with Crippen molar-refractivity contribution < 1.29 is 19.0 Å². The first-order chi connectivity index (χ1) is 15.6. The first-order valence-electron chi connectivity index (χ1n) is 9.64. The number of hydrogen-bond donors (Lipinski definition) is 1. The molecule has 0 heterocycles. The number of ether oxygens (including phenoxy) is 3. The smallest absolute Gasteiger partial charge is 0.271 e. The maximum Gasteiger partial charge on any atom is 0.271 e. The van der Waals surface area contributed by atoms with E-state index < -0.39 is 5.91 Å². The molecule has 1 N–H and O–H groups in total. The third kappa shape index (κ3) is 6.27. The Balaban J connectivity index is 1.61. The number of hydrazone groups is 1.